The van der Waals surface area contributed by atoms with Crippen molar-refractivity contribution in [2.45, 2.75) is 13.0 Å². The summed E-state index contributed by atoms with van der Waals surface area (Å²) in [6.07, 6.45) is 7.54. The smallest absolute Gasteiger partial charge is 0.255 e. The zero-order chi connectivity index (χ0) is 24.4. The van der Waals surface area contributed by atoms with Gasteiger partial charge in [0.2, 0.25) is 0 Å². The summed E-state index contributed by atoms with van der Waals surface area (Å²) in [7, 11) is 1.54. The van der Waals surface area contributed by atoms with E-state index in [0.29, 0.717) is 70.8 Å². The minimum atomic E-state index is -0.179. The third kappa shape index (κ3) is 4.35. The van der Waals surface area contributed by atoms with Gasteiger partial charge in [0.05, 0.1) is 47.6 Å². The number of nitrogen functional groups attached to an aromatic ring is 1. The molecule has 1 aromatic carbocycles. The Labute approximate surface area is 206 Å². The molecule has 5 rings (SSSR count). The summed E-state index contributed by atoms with van der Waals surface area (Å²) in [5.41, 5.74) is 10.1. The third-order valence-corrected chi connectivity index (χ3v) is 6.05. The van der Waals surface area contributed by atoms with E-state index in [-0.39, 0.29) is 11.7 Å². The van der Waals surface area contributed by atoms with Crippen molar-refractivity contribution in [2.24, 2.45) is 0 Å². The number of H-pyrrole nitrogens is 1. The number of hydrogen-bond acceptors (Lipinski definition) is 7. The number of ether oxygens (including phenoxy) is 2. The summed E-state index contributed by atoms with van der Waals surface area (Å²) >= 11 is 6.34. The first-order valence-corrected chi connectivity index (χ1v) is 11.4. The first-order valence-electron chi connectivity index (χ1n) is 11.0. The Morgan fingerprint density at radius 3 is 2.94 bits per heavy atom. The highest BCUT2D eigenvalue weighted by Crippen LogP contribution is 2.44. The number of imidazole rings is 1. The first kappa shape index (κ1) is 22.6. The lowest BCUT2D eigenvalue weighted by Crippen LogP contribution is -2.31. The number of pyridine rings is 1. The van der Waals surface area contributed by atoms with Gasteiger partial charge in [0.1, 0.15) is 6.61 Å². The molecule has 0 saturated carbocycles. The molecule has 0 unspecified atom stereocenters. The van der Waals surface area contributed by atoms with Crippen LogP contribution in [0.1, 0.15) is 16.1 Å². The quantitative estimate of drug-likeness (QED) is 0.294. The number of carbonyl (C=O) groups excluding carboxylic acids is 1. The summed E-state index contributed by atoms with van der Waals surface area (Å²) in [5, 5.41) is 6.72. The Hall–Kier alpha value is -4.18. The van der Waals surface area contributed by atoms with Gasteiger partial charge in [-0.15, -0.1) is 0 Å². The van der Waals surface area contributed by atoms with Gasteiger partial charge >= 0.3 is 0 Å². The number of aromatic nitrogens is 4. The molecule has 10 nitrogen and oxygen atoms in total. The van der Waals surface area contributed by atoms with E-state index in [1.807, 2.05) is 16.8 Å². The second kappa shape index (κ2) is 9.59. The van der Waals surface area contributed by atoms with Crippen molar-refractivity contribution in [2.75, 3.05) is 31.3 Å². The summed E-state index contributed by atoms with van der Waals surface area (Å²) in [4.78, 5) is 24.6. The van der Waals surface area contributed by atoms with E-state index in [2.05, 4.69) is 25.6 Å². The van der Waals surface area contributed by atoms with E-state index in [0.717, 1.165) is 5.69 Å². The standard InChI is InChI=1S/C24H24ClN7O3/c1-34-22-15(25)3-2-4-17(22)31-20-18-16(6-8-29-24(18)33)30-19(20)14-5-7-28-23(26)21(14)35-12-11-32-10-9-27-13-32/h2-5,7,9-10,13,30-31H,6,8,11-12H2,1H3,(H2,26,28)(H,29,33). The molecular weight excluding hydrogens is 470 g/mol. The number of nitrogens with zero attached hydrogens (tertiary/aromatic N) is 3. The van der Waals surface area contributed by atoms with Crippen LogP contribution < -0.4 is 25.8 Å². The maximum absolute atomic E-state index is 12.9. The van der Waals surface area contributed by atoms with Gasteiger partial charge in [0.25, 0.3) is 5.91 Å². The highest BCUT2D eigenvalue weighted by atomic mass is 35.5. The molecule has 0 saturated heterocycles. The van der Waals surface area contributed by atoms with Crippen LogP contribution in [0.15, 0.2) is 49.2 Å². The number of carbonyl (C=O) groups is 1. The van der Waals surface area contributed by atoms with E-state index in [1.165, 1.54) is 0 Å². The Morgan fingerprint density at radius 1 is 1.26 bits per heavy atom. The number of aromatic amines is 1. The van der Waals surface area contributed by atoms with Crippen LogP contribution in [-0.4, -0.2) is 45.7 Å². The molecule has 180 valence electrons. The SMILES string of the molecule is COc1c(Cl)cccc1Nc1c(-c2ccnc(N)c2OCCn2ccnc2)[nH]c2c1C(=O)NCC2. The van der Waals surface area contributed by atoms with Gasteiger partial charge in [0, 0.05) is 42.8 Å². The van der Waals surface area contributed by atoms with Gasteiger partial charge in [-0.25, -0.2) is 9.97 Å². The predicted octanol–water partition coefficient (Wildman–Crippen LogP) is 3.63. The molecule has 4 heterocycles. The van der Waals surface area contributed by atoms with Crippen molar-refractivity contribution in [1.82, 2.24) is 24.8 Å². The fraction of sp³-hybridized carbons (Fsp3) is 0.208. The van der Waals surface area contributed by atoms with E-state index < -0.39 is 0 Å². The Morgan fingerprint density at radius 2 is 2.14 bits per heavy atom. The zero-order valence-corrected chi connectivity index (χ0v) is 19.7. The number of amides is 1. The number of nitrogens with one attached hydrogen (secondary N) is 3. The van der Waals surface area contributed by atoms with Crippen molar-refractivity contribution in [3.63, 3.8) is 0 Å². The molecule has 1 amide bonds. The highest BCUT2D eigenvalue weighted by Gasteiger charge is 2.29. The number of rotatable bonds is 8. The number of hydrogen-bond donors (Lipinski definition) is 4. The third-order valence-electron chi connectivity index (χ3n) is 5.75. The topological polar surface area (TPSA) is 132 Å². The van der Waals surface area contributed by atoms with Gasteiger partial charge in [-0.2, -0.15) is 0 Å². The monoisotopic (exact) mass is 493 g/mol. The predicted molar refractivity (Wildman–Crippen MR) is 133 cm³/mol. The number of nitrogens with two attached hydrogens (primary N) is 1. The van der Waals surface area contributed by atoms with Gasteiger partial charge in [-0.1, -0.05) is 17.7 Å². The van der Waals surface area contributed by atoms with Crippen molar-refractivity contribution in [3.05, 3.63) is 65.5 Å². The first-order chi connectivity index (χ1) is 17.1. The molecule has 1 aliphatic heterocycles. The zero-order valence-electron chi connectivity index (χ0n) is 19.0. The molecule has 0 radical (unpaired) electrons. The summed E-state index contributed by atoms with van der Waals surface area (Å²) in [5.74, 6) is 0.961. The molecule has 35 heavy (non-hydrogen) atoms. The largest absolute Gasteiger partial charge is 0.493 e. The summed E-state index contributed by atoms with van der Waals surface area (Å²) < 4.78 is 13.5. The number of para-hydroxylation sites is 1. The second-order valence-corrected chi connectivity index (χ2v) is 8.31. The fourth-order valence-corrected chi connectivity index (χ4v) is 4.39. The van der Waals surface area contributed by atoms with E-state index in [9.17, 15) is 4.79 Å². The molecule has 5 N–H and O–H groups in total. The van der Waals surface area contributed by atoms with E-state index in [4.69, 9.17) is 26.8 Å². The molecule has 0 atom stereocenters. The summed E-state index contributed by atoms with van der Waals surface area (Å²) in [6.45, 7) is 1.48. The van der Waals surface area contributed by atoms with Gasteiger partial charge in [0.15, 0.2) is 17.3 Å². The van der Waals surface area contributed by atoms with Gasteiger partial charge < -0.3 is 35.4 Å². The minimum Gasteiger partial charge on any atom is -0.493 e. The Balaban J connectivity index is 1.59. The number of benzene rings is 1. The van der Waals surface area contributed by atoms with Crippen molar-refractivity contribution in [1.29, 1.82) is 0 Å². The Bertz CT molecular complexity index is 1370. The van der Waals surface area contributed by atoms with E-state index in [1.54, 1.807) is 44.0 Å². The molecular formula is C24H24ClN7O3. The summed E-state index contributed by atoms with van der Waals surface area (Å²) in [6, 6.07) is 7.18. The molecule has 0 fully saturated rings. The van der Waals surface area contributed by atoms with Crippen LogP contribution in [0.5, 0.6) is 11.5 Å². The fourth-order valence-electron chi connectivity index (χ4n) is 4.14. The molecule has 0 bridgehead atoms. The van der Waals surface area contributed by atoms with E-state index >= 15 is 0 Å². The number of halogens is 1. The average Bonchev–Trinajstić information content (AvgIpc) is 3.49. The second-order valence-electron chi connectivity index (χ2n) is 7.90. The number of anilines is 3. The van der Waals surface area contributed by atoms with Crippen molar-refractivity contribution in [3.8, 4) is 22.8 Å². The molecule has 4 aromatic rings. The normalized spacial score (nSPS) is 12.7. The molecule has 0 spiro atoms. The average molecular weight is 494 g/mol. The lowest BCUT2D eigenvalue weighted by atomic mass is 10.0. The lowest BCUT2D eigenvalue weighted by Gasteiger charge is -2.18. The minimum absolute atomic E-state index is 0.179. The van der Waals surface area contributed by atoms with Gasteiger partial charge in [-0.05, 0) is 18.2 Å². The van der Waals surface area contributed by atoms with Crippen LogP contribution in [-0.2, 0) is 13.0 Å². The Kier molecular flexibility index (Phi) is 6.19. The number of methoxy groups -OCH3 is 1. The van der Waals surface area contributed by atoms with Crippen LogP contribution in [0.3, 0.4) is 0 Å². The molecule has 11 heteroatoms. The van der Waals surface area contributed by atoms with Crippen LogP contribution in [0.25, 0.3) is 11.3 Å². The van der Waals surface area contributed by atoms with Crippen LogP contribution in [0.4, 0.5) is 17.2 Å². The van der Waals surface area contributed by atoms with Crippen LogP contribution in [0, 0.1) is 0 Å². The maximum atomic E-state index is 12.9. The van der Waals surface area contributed by atoms with Gasteiger partial charge in [-0.3, -0.25) is 4.79 Å². The lowest BCUT2D eigenvalue weighted by molar-refractivity contribution is 0.0947. The van der Waals surface area contributed by atoms with Crippen LogP contribution >= 0.6 is 11.6 Å². The highest BCUT2D eigenvalue weighted by molar-refractivity contribution is 6.32. The number of fused-ring (bicyclic) bond motifs is 1. The van der Waals surface area contributed by atoms with Crippen LogP contribution in [0.2, 0.25) is 5.02 Å². The van der Waals surface area contributed by atoms with Crippen molar-refractivity contribution >= 4 is 34.7 Å². The molecule has 0 aliphatic carbocycles. The van der Waals surface area contributed by atoms with Crippen molar-refractivity contribution < 1.29 is 14.3 Å². The maximum Gasteiger partial charge on any atom is 0.255 e. The molecule has 1 aliphatic rings. The molecule has 3 aromatic heterocycles.